The summed E-state index contributed by atoms with van der Waals surface area (Å²) in [6.07, 6.45) is 1.12. The van der Waals surface area contributed by atoms with Gasteiger partial charge in [-0.1, -0.05) is 6.92 Å². The van der Waals surface area contributed by atoms with Gasteiger partial charge in [-0.15, -0.1) is 0 Å². The monoisotopic (exact) mass is 269 g/mol. The molecule has 112 valence electrons. The first-order chi connectivity index (χ1) is 8.90. The van der Waals surface area contributed by atoms with Gasteiger partial charge in [-0.05, 0) is 47.1 Å². The Hall–Kier alpha value is -0.610. The minimum absolute atomic E-state index is 0.0806. The lowest BCUT2D eigenvalue weighted by atomic mass is 9.89. The van der Waals surface area contributed by atoms with Gasteiger partial charge in [0.2, 0.25) is 5.91 Å². The van der Waals surface area contributed by atoms with Gasteiger partial charge in [-0.2, -0.15) is 0 Å². The van der Waals surface area contributed by atoms with E-state index in [1.54, 1.807) is 0 Å². The first-order valence-electron chi connectivity index (χ1n) is 7.65. The number of carbonyl (C=O) groups is 1. The van der Waals surface area contributed by atoms with E-state index in [0.29, 0.717) is 18.0 Å². The Morgan fingerprint density at radius 3 is 2.47 bits per heavy atom. The first-order valence-corrected chi connectivity index (χ1v) is 7.65. The summed E-state index contributed by atoms with van der Waals surface area (Å²) in [5, 5.41) is 3.55. The van der Waals surface area contributed by atoms with E-state index >= 15 is 0 Å². The van der Waals surface area contributed by atoms with Crippen molar-refractivity contribution in [3.63, 3.8) is 0 Å². The Bertz CT molecular complexity index is 291. The summed E-state index contributed by atoms with van der Waals surface area (Å²) in [5.74, 6) is 0.817. The van der Waals surface area contributed by atoms with Crippen molar-refractivity contribution in [1.29, 1.82) is 0 Å². The van der Waals surface area contributed by atoms with Crippen LogP contribution in [-0.2, 0) is 4.79 Å². The second kappa shape index (κ2) is 7.25. The zero-order chi connectivity index (χ0) is 14.6. The second-order valence-electron chi connectivity index (χ2n) is 6.01. The van der Waals surface area contributed by atoms with Gasteiger partial charge in [0.05, 0.1) is 6.04 Å². The van der Waals surface area contributed by atoms with Crippen LogP contribution < -0.4 is 5.32 Å². The second-order valence-corrected chi connectivity index (χ2v) is 6.01. The molecule has 4 nitrogen and oxygen atoms in total. The minimum Gasteiger partial charge on any atom is -0.342 e. The van der Waals surface area contributed by atoms with Gasteiger partial charge in [0.25, 0.3) is 0 Å². The summed E-state index contributed by atoms with van der Waals surface area (Å²) in [6, 6.07) is 0.952. The highest BCUT2D eigenvalue weighted by Crippen LogP contribution is 2.21. The number of hydrogen-bond donors (Lipinski definition) is 1. The van der Waals surface area contributed by atoms with Crippen molar-refractivity contribution in [1.82, 2.24) is 15.1 Å². The van der Waals surface area contributed by atoms with Gasteiger partial charge >= 0.3 is 0 Å². The van der Waals surface area contributed by atoms with Crippen LogP contribution >= 0.6 is 0 Å². The molecule has 4 unspecified atom stereocenters. The summed E-state index contributed by atoms with van der Waals surface area (Å²) in [5.41, 5.74) is 0. The summed E-state index contributed by atoms with van der Waals surface area (Å²) < 4.78 is 0. The van der Waals surface area contributed by atoms with E-state index in [4.69, 9.17) is 0 Å². The van der Waals surface area contributed by atoms with Gasteiger partial charge in [0.1, 0.15) is 0 Å². The van der Waals surface area contributed by atoms with Crippen molar-refractivity contribution in [3.05, 3.63) is 0 Å². The van der Waals surface area contributed by atoms with E-state index in [2.05, 4.69) is 31.1 Å². The number of nitrogens with zero attached hydrogens (tertiary/aromatic N) is 2. The molecule has 0 radical (unpaired) electrons. The van der Waals surface area contributed by atoms with E-state index in [-0.39, 0.29) is 11.9 Å². The van der Waals surface area contributed by atoms with E-state index in [9.17, 15) is 4.79 Å². The molecule has 1 aliphatic heterocycles. The average Bonchev–Trinajstić information content (AvgIpc) is 2.37. The number of rotatable bonds is 5. The Morgan fingerprint density at radius 1 is 1.37 bits per heavy atom. The molecule has 1 N–H and O–H groups in total. The highest BCUT2D eigenvalue weighted by molar-refractivity contribution is 5.81. The molecule has 1 heterocycles. The third kappa shape index (κ3) is 4.18. The standard InChI is InChI=1S/C15H31N3O/c1-7-18(8-2)15(19)13(5)16-14-9-12(4)17(6)10-11(14)3/h11-14,16H,7-10H2,1-6H3. The van der Waals surface area contributed by atoms with Crippen LogP contribution in [0, 0.1) is 5.92 Å². The number of carbonyl (C=O) groups excluding carboxylic acids is 1. The van der Waals surface area contributed by atoms with Crippen LogP contribution in [0.15, 0.2) is 0 Å². The third-order valence-electron chi connectivity index (χ3n) is 4.52. The molecule has 1 aliphatic rings. The van der Waals surface area contributed by atoms with Crippen LogP contribution in [0.25, 0.3) is 0 Å². The quantitative estimate of drug-likeness (QED) is 0.823. The van der Waals surface area contributed by atoms with Crippen LogP contribution in [0.1, 0.15) is 41.0 Å². The van der Waals surface area contributed by atoms with Crippen LogP contribution in [0.4, 0.5) is 0 Å². The number of hydrogen-bond acceptors (Lipinski definition) is 3. The molecule has 1 rings (SSSR count). The molecule has 4 heteroatoms. The topological polar surface area (TPSA) is 35.6 Å². The van der Waals surface area contributed by atoms with Crippen LogP contribution in [0.5, 0.6) is 0 Å². The molecule has 0 aromatic rings. The largest absolute Gasteiger partial charge is 0.342 e. The summed E-state index contributed by atoms with van der Waals surface area (Å²) in [7, 11) is 2.18. The fourth-order valence-electron chi connectivity index (χ4n) is 2.98. The van der Waals surface area contributed by atoms with E-state index in [1.165, 1.54) is 0 Å². The first kappa shape index (κ1) is 16.4. The Kier molecular flexibility index (Phi) is 6.27. The SMILES string of the molecule is CCN(CC)C(=O)C(C)NC1CC(C)N(C)CC1C. The van der Waals surface area contributed by atoms with Crippen molar-refractivity contribution in [2.75, 3.05) is 26.7 Å². The van der Waals surface area contributed by atoms with Crippen molar-refractivity contribution in [2.45, 2.75) is 59.2 Å². The summed E-state index contributed by atoms with van der Waals surface area (Å²) >= 11 is 0. The molecule has 0 aliphatic carbocycles. The predicted octanol–water partition coefficient (Wildman–Crippen LogP) is 1.56. The van der Waals surface area contributed by atoms with Crippen molar-refractivity contribution in [3.8, 4) is 0 Å². The smallest absolute Gasteiger partial charge is 0.239 e. The molecule has 0 saturated carbocycles. The molecular weight excluding hydrogens is 238 g/mol. The van der Waals surface area contributed by atoms with Gasteiger partial charge in [0, 0.05) is 31.7 Å². The fourth-order valence-corrected chi connectivity index (χ4v) is 2.98. The lowest BCUT2D eigenvalue weighted by Crippen LogP contribution is -2.56. The zero-order valence-electron chi connectivity index (χ0n) is 13.4. The lowest BCUT2D eigenvalue weighted by molar-refractivity contribution is -0.133. The average molecular weight is 269 g/mol. The summed E-state index contributed by atoms with van der Waals surface area (Å²) in [4.78, 5) is 16.6. The van der Waals surface area contributed by atoms with Crippen LogP contribution in [0.2, 0.25) is 0 Å². The molecule has 0 spiro atoms. The van der Waals surface area contributed by atoms with E-state index in [0.717, 1.165) is 26.1 Å². The molecule has 1 fully saturated rings. The maximum Gasteiger partial charge on any atom is 0.239 e. The van der Waals surface area contributed by atoms with Crippen LogP contribution in [-0.4, -0.2) is 60.5 Å². The minimum atomic E-state index is -0.0806. The summed E-state index contributed by atoms with van der Waals surface area (Å²) in [6.45, 7) is 13.3. The highest BCUT2D eigenvalue weighted by atomic mass is 16.2. The lowest BCUT2D eigenvalue weighted by Gasteiger charge is -2.41. The van der Waals surface area contributed by atoms with E-state index < -0.39 is 0 Å². The van der Waals surface area contributed by atoms with Gasteiger partial charge < -0.3 is 15.1 Å². The van der Waals surface area contributed by atoms with Crippen LogP contribution in [0.3, 0.4) is 0 Å². The molecule has 1 amide bonds. The molecule has 4 atom stereocenters. The molecular formula is C15H31N3O. The number of likely N-dealkylation sites (tertiary alicyclic amines) is 1. The van der Waals surface area contributed by atoms with E-state index in [1.807, 2.05) is 25.7 Å². The number of likely N-dealkylation sites (N-methyl/N-ethyl adjacent to an activating group) is 1. The predicted molar refractivity (Wildman–Crippen MR) is 80.2 cm³/mol. The van der Waals surface area contributed by atoms with Crippen molar-refractivity contribution >= 4 is 5.91 Å². The molecule has 0 aromatic carbocycles. The molecule has 0 aromatic heterocycles. The molecule has 0 bridgehead atoms. The van der Waals surface area contributed by atoms with Crippen molar-refractivity contribution in [2.24, 2.45) is 5.92 Å². The molecule has 19 heavy (non-hydrogen) atoms. The third-order valence-corrected chi connectivity index (χ3v) is 4.52. The van der Waals surface area contributed by atoms with Gasteiger partial charge in [0.15, 0.2) is 0 Å². The Morgan fingerprint density at radius 2 is 1.95 bits per heavy atom. The maximum atomic E-state index is 12.3. The number of amides is 1. The Balaban J connectivity index is 2.56. The fraction of sp³-hybridized carbons (Fsp3) is 0.933. The Labute approximate surface area is 118 Å². The normalized spacial score (nSPS) is 30.1. The molecule has 1 saturated heterocycles. The van der Waals surface area contributed by atoms with Gasteiger partial charge in [-0.3, -0.25) is 4.79 Å². The van der Waals surface area contributed by atoms with Gasteiger partial charge in [-0.25, -0.2) is 0 Å². The number of nitrogens with one attached hydrogen (secondary N) is 1. The zero-order valence-corrected chi connectivity index (χ0v) is 13.4. The van der Waals surface area contributed by atoms with Crippen molar-refractivity contribution < 1.29 is 4.79 Å². The maximum absolute atomic E-state index is 12.3. The highest BCUT2D eigenvalue weighted by Gasteiger charge is 2.31. The number of piperidine rings is 1.